The van der Waals surface area contributed by atoms with Crippen molar-refractivity contribution >= 4 is 23.5 Å². The standard InChI is InChI=1S/C21H20F3N3O6/c1-2-33-17(28)11-16(12-5-9-15(10-6-12)27(31)32)18(19(25)29)26-20(30)13-3-7-14(8-4-13)21(22,23)24/h3-10,16,18H,2,11H2,1H3,(H2,25,29)(H,26,30)/t16-,18-/m0/s1. The van der Waals surface area contributed by atoms with Crippen LogP contribution in [0.3, 0.4) is 0 Å². The van der Waals surface area contributed by atoms with E-state index in [0.717, 1.165) is 24.3 Å². The van der Waals surface area contributed by atoms with Crippen LogP contribution < -0.4 is 11.1 Å². The van der Waals surface area contributed by atoms with E-state index in [0.29, 0.717) is 12.1 Å². The van der Waals surface area contributed by atoms with Gasteiger partial charge in [-0.3, -0.25) is 24.5 Å². The van der Waals surface area contributed by atoms with Gasteiger partial charge >= 0.3 is 12.1 Å². The van der Waals surface area contributed by atoms with Crippen molar-refractivity contribution in [2.75, 3.05) is 6.61 Å². The van der Waals surface area contributed by atoms with Crippen molar-refractivity contribution in [1.82, 2.24) is 5.32 Å². The Morgan fingerprint density at radius 3 is 2.12 bits per heavy atom. The van der Waals surface area contributed by atoms with E-state index < -0.39 is 52.8 Å². The van der Waals surface area contributed by atoms with E-state index in [4.69, 9.17) is 10.5 Å². The molecule has 3 N–H and O–H groups in total. The molecule has 0 radical (unpaired) electrons. The third-order valence-electron chi connectivity index (χ3n) is 4.69. The summed E-state index contributed by atoms with van der Waals surface area (Å²) < 4.78 is 43.1. The number of nitrogens with one attached hydrogen (secondary N) is 1. The highest BCUT2D eigenvalue weighted by Gasteiger charge is 2.33. The first-order valence-electron chi connectivity index (χ1n) is 9.61. The maximum atomic E-state index is 12.7. The monoisotopic (exact) mass is 467 g/mol. The molecule has 0 aliphatic carbocycles. The zero-order chi connectivity index (χ0) is 24.8. The third kappa shape index (κ3) is 6.76. The Morgan fingerprint density at radius 1 is 1.09 bits per heavy atom. The number of nitro benzene ring substituents is 1. The Kier molecular flexibility index (Phi) is 8.10. The van der Waals surface area contributed by atoms with Gasteiger partial charge in [0.15, 0.2) is 0 Å². The Hall–Kier alpha value is -3.96. The Bertz CT molecular complexity index is 1020. The zero-order valence-electron chi connectivity index (χ0n) is 17.3. The van der Waals surface area contributed by atoms with Gasteiger partial charge in [-0.25, -0.2) is 0 Å². The highest BCUT2D eigenvalue weighted by Crippen LogP contribution is 2.30. The molecule has 9 nitrogen and oxygen atoms in total. The van der Waals surface area contributed by atoms with Gasteiger partial charge in [-0.1, -0.05) is 12.1 Å². The van der Waals surface area contributed by atoms with Gasteiger partial charge < -0.3 is 15.8 Å². The first-order valence-corrected chi connectivity index (χ1v) is 9.61. The number of benzene rings is 2. The molecule has 2 amide bonds. The number of nitrogens with zero attached hydrogens (tertiary/aromatic N) is 1. The minimum absolute atomic E-state index is 0.0466. The van der Waals surface area contributed by atoms with Crippen molar-refractivity contribution in [1.29, 1.82) is 0 Å². The van der Waals surface area contributed by atoms with Crippen LogP contribution in [0.4, 0.5) is 18.9 Å². The quantitative estimate of drug-likeness (QED) is 0.330. The predicted molar refractivity (Wildman–Crippen MR) is 109 cm³/mol. The lowest BCUT2D eigenvalue weighted by atomic mass is 9.87. The minimum Gasteiger partial charge on any atom is -0.466 e. The van der Waals surface area contributed by atoms with Crippen LogP contribution in [-0.2, 0) is 20.5 Å². The average molecular weight is 467 g/mol. The van der Waals surface area contributed by atoms with Crippen molar-refractivity contribution in [3.05, 3.63) is 75.3 Å². The van der Waals surface area contributed by atoms with E-state index in [9.17, 15) is 37.7 Å². The summed E-state index contributed by atoms with van der Waals surface area (Å²) in [5.74, 6) is -3.69. The normalized spacial score (nSPS) is 13.0. The lowest BCUT2D eigenvalue weighted by Crippen LogP contribution is -2.48. The third-order valence-corrected chi connectivity index (χ3v) is 4.69. The van der Waals surface area contributed by atoms with Crippen LogP contribution in [0.5, 0.6) is 0 Å². The van der Waals surface area contributed by atoms with E-state index in [2.05, 4.69) is 5.32 Å². The second-order valence-corrected chi connectivity index (χ2v) is 6.89. The number of alkyl halides is 3. The fourth-order valence-electron chi connectivity index (χ4n) is 3.08. The van der Waals surface area contributed by atoms with Crippen LogP contribution in [0, 0.1) is 10.1 Å². The topological polar surface area (TPSA) is 142 Å². The smallest absolute Gasteiger partial charge is 0.416 e. The molecule has 0 aliphatic rings. The number of hydrogen-bond acceptors (Lipinski definition) is 6. The van der Waals surface area contributed by atoms with Crippen LogP contribution >= 0.6 is 0 Å². The summed E-state index contributed by atoms with van der Waals surface area (Å²) in [6.07, 6.45) is -4.99. The summed E-state index contributed by atoms with van der Waals surface area (Å²) in [6.45, 7) is 1.61. The number of nitro groups is 1. The van der Waals surface area contributed by atoms with Crippen LogP contribution in [0.25, 0.3) is 0 Å². The van der Waals surface area contributed by atoms with Gasteiger partial charge in [0.05, 0.1) is 23.5 Å². The fourth-order valence-corrected chi connectivity index (χ4v) is 3.08. The molecule has 0 saturated heterocycles. The molecule has 0 fully saturated rings. The van der Waals surface area contributed by atoms with Crippen LogP contribution in [0.15, 0.2) is 48.5 Å². The van der Waals surface area contributed by atoms with Crippen molar-refractivity contribution in [2.45, 2.75) is 31.5 Å². The second kappa shape index (κ2) is 10.6. The van der Waals surface area contributed by atoms with Gasteiger partial charge in [0, 0.05) is 23.6 Å². The molecule has 2 aromatic rings. The maximum absolute atomic E-state index is 12.7. The largest absolute Gasteiger partial charge is 0.466 e. The summed E-state index contributed by atoms with van der Waals surface area (Å²) in [5.41, 5.74) is 4.36. The Balaban J connectivity index is 2.35. The van der Waals surface area contributed by atoms with Gasteiger partial charge in [-0.05, 0) is 36.8 Å². The van der Waals surface area contributed by atoms with Crippen molar-refractivity contribution < 1.29 is 37.2 Å². The number of rotatable bonds is 9. The van der Waals surface area contributed by atoms with E-state index >= 15 is 0 Å². The summed E-state index contributed by atoms with van der Waals surface area (Å²) >= 11 is 0. The van der Waals surface area contributed by atoms with E-state index in [-0.39, 0.29) is 23.4 Å². The lowest BCUT2D eigenvalue weighted by molar-refractivity contribution is -0.384. The van der Waals surface area contributed by atoms with Gasteiger partial charge in [0.1, 0.15) is 6.04 Å². The molecule has 0 heterocycles. The van der Waals surface area contributed by atoms with E-state index in [1.54, 1.807) is 6.92 Å². The molecule has 2 atom stereocenters. The number of non-ortho nitro benzene ring substituents is 1. The van der Waals surface area contributed by atoms with Crippen molar-refractivity contribution in [3.8, 4) is 0 Å². The summed E-state index contributed by atoms with van der Waals surface area (Å²) in [5, 5.41) is 13.2. The molecule has 2 aromatic carbocycles. The average Bonchev–Trinajstić information content (AvgIpc) is 2.75. The first-order chi connectivity index (χ1) is 15.4. The summed E-state index contributed by atoms with van der Waals surface area (Å²) in [4.78, 5) is 47.2. The number of carbonyl (C=O) groups is 3. The molecule has 0 aromatic heterocycles. The Labute approximate surface area is 185 Å². The molecule has 0 unspecified atom stereocenters. The molecular weight excluding hydrogens is 447 g/mol. The molecular formula is C21H20F3N3O6. The summed E-state index contributed by atoms with van der Waals surface area (Å²) in [6, 6.07) is 6.74. The van der Waals surface area contributed by atoms with Crippen LogP contribution in [-0.4, -0.2) is 35.4 Å². The minimum atomic E-state index is -4.59. The SMILES string of the molecule is CCOC(=O)C[C@@H](c1ccc([N+](=O)[O-])cc1)[C@H](NC(=O)c1ccc(C(F)(F)F)cc1)C(N)=O. The molecule has 12 heteroatoms. The van der Waals surface area contributed by atoms with Crippen LogP contribution in [0.1, 0.15) is 40.7 Å². The van der Waals surface area contributed by atoms with Gasteiger partial charge in [0.2, 0.25) is 5.91 Å². The number of amides is 2. The number of esters is 1. The Morgan fingerprint density at radius 2 is 1.67 bits per heavy atom. The van der Waals surface area contributed by atoms with Gasteiger partial charge in [0.25, 0.3) is 11.6 Å². The number of nitrogens with two attached hydrogens (primary N) is 1. The highest BCUT2D eigenvalue weighted by atomic mass is 19.4. The van der Waals surface area contributed by atoms with Crippen molar-refractivity contribution in [2.24, 2.45) is 5.73 Å². The maximum Gasteiger partial charge on any atom is 0.416 e. The molecule has 176 valence electrons. The van der Waals surface area contributed by atoms with E-state index in [1.807, 2.05) is 0 Å². The highest BCUT2D eigenvalue weighted by molar-refractivity contribution is 5.97. The number of primary amides is 1. The summed E-state index contributed by atoms with van der Waals surface area (Å²) in [7, 11) is 0. The van der Waals surface area contributed by atoms with Gasteiger partial charge in [-0.15, -0.1) is 0 Å². The second-order valence-electron chi connectivity index (χ2n) is 6.89. The fraction of sp³-hybridized carbons (Fsp3) is 0.286. The zero-order valence-corrected chi connectivity index (χ0v) is 17.3. The predicted octanol–water partition coefficient (Wildman–Crippen LogP) is 2.93. The number of ether oxygens (including phenoxy) is 1. The molecule has 0 spiro atoms. The van der Waals surface area contributed by atoms with Crippen LogP contribution in [0.2, 0.25) is 0 Å². The first kappa shape index (κ1) is 25.3. The van der Waals surface area contributed by atoms with Crippen molar-refractivity contribution in [3.63, 3.8) is 0 Å². The molecule has 33 heavy (non-hydrogen) atoms. The molecule has 0 saturated carbocycles. The van der Waals surface area contributed by atoms with E-state index in [1.165, 1.54) is 12.1 Å². The molecule has 0 aliphatic heterocycles. The molecule has 2 rings (SSSR count). The molecule has 0 bridgehead atoms. The number of halogens is 3. The number of hydrogen-bond donors (Lipinski definition) is 2. The lowest BCUT2D eigenvalue weighted by Gasteiger charge is -2.25. The van der Waals surface area contributed by atoms with Gasteiger partial charge in [-0.2, -0.15) is 13.2 Å². The number of carbonyl (C=O) groups excluding carboxylic acids is 3.